The molecule has 0 aliphatic carbocycles. The summed E-state index contributed by atoms with van der Waals surface area (Å²) in [6, 6.07) is 4.89. The monoisotopic (exact) mass is 200 g/mol. The lowest BCUT2D eigenvalue weighted by Crippen LogP contribution is -2.01. The lowest BCUT2D eigenvalue weighted by molar-refractivity contribution is 0.324. The molecule has 0 unspecified atom stereocenters. The highest BCUT2D eigenvalue weighted by Crippen LogP contribution is 2.18. The highest BCUT2D eigenvalue weighted by Gasteiger charge is 2.01. The van der Waals surface area contributed by atoms with Gasteiger partial charge in [0.15, 0.2) is 11.6 Å². The van der Waals surface area contributed by atoms with E-state index in [9.17, 15) is 4.39 Å². The predicted molar refractivity (Wildman–Crippen MR) is 55.0 cm³/mol. The van der Waals surface area contributed by atoms with E-state index in [1.165, 1.54) is 6.07 Å². The van der Waals surface area contributed by atoms with Crippen LogP contribution < -0.4 is 4.74 Å². The zero-order valence-electron chi connectivity index (χ0n) is 7.84. The minimum Gasteiger partial charge on any atom is -0.490 e. The molecule has 0 aliphatic heterocycles. The summed E-state index contributed by atoms with van der Waals surface area (Å²) in [4.78, 5) is 0. The maximum atomic E-state index is 13.1. The van der Waals surface area contributed by atoms with E-state index in [2.05, 4.69) is 0 Å². The van der Waals surface area contributed by atoms with Crippen molar-refractivity contribution >= 4 is 11.8 Å². The van der Waals surface area contributed by atoms with Gasteiger partial charge in [-0.1, -0.05) is 6.07 Å². The van der Waals surface area contributed by atoms with Gasteiger partial charge < -0.3 is 4.74 Å². The van der Waals surface area contributed by atoms with Crippen LogP contribution in [0.1, 0.15) is 5.56 Å². The first kappa shape index (κ1) is 10.4. The van der Waals surface area contributed by atoms with Crippen molar-refractivity contribution in [3.63, 3.8) is 0 Å². The number of hydrogen-bond acceptors (Lipinski definition) is 2. The summed E-state index contributed by atoms with van der Waals surface area (Å²) >= 11 is 1.68. The Morgan fingerprint density at radius 1 is 1.46 bits per heavy atom. The van der Waals surface area contributed by atoms with Crippen molar-refractivity contribution in [3.8, 4) is 5.75 Å². The second kappa shape index (κ2) is 5.12. The van der Waals surface area contributed by atoms with Crippen LogP contribution in [-0.2, 0) is 0 Å². The van der Waals surface area contributed by atoms with Crippen molar-refractivity contribution in [1.82, 2.24) is 0 Å². The van der Waals surface area contributed by atoms with Crippen molar-refractivity contribution in [3.05, 3.63) is 29.6 Å². The Kier molecular flexibility index (Phi) is 4.09. The van der Waals surface area contributed by atoms with Crippen molar-refractivity contribution in [2.75, 3.05) is 18.6 Å². The number of aryl methyl sites for hydroxylation is 1. The minimum absolute atomic E-state index is 0.285. The highest BCUT2D eigenvalue weighted by molar-refractivity contribution is 7.98. The molecule has 0 saturated heterocycles. The van der Waals surface area contributed by atoms with Gasteiger partial charge in [-0.05, 0) is 30.9 Å². The van der Waals surface area contributed by atoms with E-state index in [0.717, 1.165) is 11.3 Å². The number of hydrogen-bond donors (Lipinski definition) is 0. The molecule has 1 aromatic rings. The Morgan fingerprint density at radius 3 is 2.92 bits per heavy atom. The maximum Gasteiger partial charge on any atom is 0.165 e. The Hall–Kier alpha value is -0.700. The SMILES string of the molecule is CSCCOc1cc(C)ccc1F. The van der Waals surface area contributed by atoms with Gasteiger partial charge in [-0.25, -0.2) is 4.39 Å². The Balaban J connectivity index is 2.59. The van der Waals surface area contributed by atoms with Crippen molar-refractivity contribution in [1.29, 1.82) is 0 Å². The van der Waals surface area contributed by atoms with Gasteiger partial charge in [-0.2, -0.15) is 11.8 Å². The quantitative estimate of drug-likeness (QED) is 0.691. The molecular weight excluding hydrogens is 187 g/mol. The fraction of sp³-hybridized carbons (Fsp3) is 0.400. The number of benzene rings is 1. The second-order valence-corrected chi connectivity index (χ2v) is 3.76. The Bertz CT molecular complexity index is 276. The topological polar surface area (TPSA) is 9.23 Å². The largest absolute Gasteiger partial charge is 0.490 e. The summed E-state index contributed by atoms with van der Waals surface area (Å²) in [6.45, 7) is 2.47. The third-order valence-corrected chi connectivity index (χ3v) is 2.21. The van der Waals surface area contributed by atoms with Crippen LogP contribution in [0.2, 0.25) is 0 Å². The fourth-order valence-corrected chi connectivity index (χ4v) is 1.21. The highest BCUT2D eigenvalue weighted by atomic mass is 32.2. The van der Waals surface area contributed by atoms with Crippen LogP contribution in [-0.4, -0.2) is 18.6 Å². The average molecular weight is 200 g/mol. The smallest absolute Gasteiger partial charge is 0.165 e. The average Bonchev–Trinajstić information content (AvgIpc) is 2.11. The number of rotatable bonds is 4. The van der Waals surface area contributed by atoms with Gasteiger partial charge in [0.1, 0.15) is 0 Å². The van der Waals surface area contributed by atoms with E-state index in [4.69, 9.17) is 4.74 Å². The zero-order valence-corrected chi connectivity index (χ0v) is 8.66. The third-order valence-electron chi connectivity index (χ3n) is 1.63. The molecule has 0 spiro atoms. The normalized spacial score (nSPS) is 10.1. The molecular formula is C10H13FOS. The standard InChI is InChI=1S/C10H13FOS/c1-8-3-4-9(11)10(7-8)12-5-6-13-2/h3-4,7H,5-6H2,1-2H3. The summed E-state index contributed by atoms with van der Waals surface area (Å²) < 4.78 is 18.3. The molecule has 0 N–H and O–H groups in total. The van der Waals surface area contributed by atoms with Crippen LogP contribution in [0.3, 0.4) is 0 Å². The molecule has 0 bridgehead atoms. The molecule has 0 aromatic heterocycles. The Labute approximate surface area is 82.3 Å². The van der Waals surface area contributed by atoms with Crippen molar-refractivity contribution in [2.24, 2.45) is 0 Å². The van der Waals surface area contributed by atoms with Crippen molar-refractivity contribution in [2.45, 2.75) is 6.92 Å². The Morgan fingerprint density at radius 2 is 2.23 bits per heavy atom. The molecule has 1 aromatic carbocycles. The van der Waals surface area contributed by atoms with E-state index in [1.807, 2.05) is 13.2 Å². The summed E-state index contributed by atoms with van der Waals surface area (Å²) in [5, 5.41) is 0. The first-order valence-corrected chi connectivity index (χ1v) is 5.51. The van der Waals surface area contributed by atoms with E-state index >= 15 is 0 Å². The van der Waals surface area contributed by atoms with Gasteiger partial charge in [-0.3, -0.25) is 0 Å². The van der Waals surface area contributed by atoms with Crippen LogP contribution >= 0.6 is 11.8 Å². The fourth-order valence-electron chi connectivity index (χ4n) is 0.956. The van der Waals surface area contributed by atoms with Gasteiger partial charge in [0.2, 0.25) is 0 Å². The number of thioether (sulfide) groups is 1. The molecule has 0 amide bonds. The number of halogens is 1. The van der Waals surface area contributed by atoms with Gasteiger partial charge in [0.25, 0.3) is 0 Å². The van der Waals surface area contributed by atoms with E-state index in [1.54, 1.807) is 23.9 Å². The van der Waals surface area contributed by atoms with E-state index < -0.39 is 0 Å². The molecule has 72 valence electrons. The third kappa shape index (κ3) is 3.27. The lowest BCUT2D eigenvalue weighted by Gasteiger charge is -2.06. The first-order valence-electron chi connectivity index (χ1n) is 4.12. The molecule has 0 fully saturated rings. The molecule has 0 atom stereocenters. The van der Waals surface area contributed by atoms with Crippen molar-refractivity contribution < 1.29 is 9.13 Å². The predicted octanol–water partition coefficient (Wildman–Crippen LogP) is 2.88. The van der Waals surface area contributed by atoms with Crippen LogP contribution in [0.5, 0.6) is 5.75 Å². The van der Waals surface area contributed by atoms with Gasteiger partial charge >= 0.3 is 0 Å². The summed E-state index contributed by atoms with van der Waals surface area (Å²) in [5.74, 6) is 0.952. The maximum absolute atomic E-state index is 13.1. The molecule has 13 heavy (non-hydrogen) atoms. The summed E-state index contributed by atoms with van der Waals surface area (Å²) in [5.41, 5.74) is 1.01. The molecule has 3 heteroatoms. The van der Waals surface area contributed by atoms with Crippen LogP contribution in [0, 0.1) is 12.7 Å². The van der Waals surface area contributed by atoms with Crippen LogP contribution in [0.4, 0.5) is 4.39 Å². The first-order chi connectivity index (χ1) is 6.24. The molecule has 0 aliphatic rings. The van der Waals surface area contributed by atoms with E-state index in [-0.39, 0.29) is 5.82 Å². The van der Waals surface area contributed by atoms with Crippen LogP contribution in [0.15, 0.2) is 18.2 Å². The van der Waals surface area contributed by atoms with Crippen LogP contribution in [0.25, 0.3) is 0 Å². The molecule has 0 saturated carbocycles. The van der Waals surface area contributed by atoms with E-state index in [0.29, 0.717) is 12.4 Å². The summed E-state index contributed by atoms with van der Waals surface area (Å²) in [6.07, 6.45) is 2.00. The lowest BCUT2D eigenvalue weighted by atomic mass is 10.2. The molecule has 0 radical (unpaired) electrons. The molecule has 1 rings (SSSR count). The molecule has 1 nitrogen and oxygen atoms in total. The zero-order chi connectivity index (χ0) is 9.68. The molecule has 0 heterocycles. The minimum atomic E-state index is -0.285. The number of ether oxygens (including phenoxy) is 1. The van der Waals surface area contributed by atoms with Gasteiger partial charge in [0, 0.05) is 5.75 Å². The van der Waals surface area contributed by atoms with Gasteiger partial charge in [0.05, 0.1) is 6.61 Å². The second-order valence-electron chi connectivity index (χ2n) is 2.78. The van der Waals surface area contributed by atoms with Gasteiger partial charge in [-0.15, -0.1) is 0 Å². The summed E-state index contributed by atoms with van der Waals surface area (Å²) in [7, 11) is 0.